The molecule has 5 heteroatoms. The molecule has 0 aliphatic rings. The molecular formula is C17H29BrN2OS. The van der Waals surface area contributed by atoms with Crippen molar-refractivity contribution in [2.24, 2.45) is 0 Å². The topological polar surface area (TPSA) is 45.8 Å². The number of H-pyrrole nitrogens is 1. The van der Waals surface area contributed by atoms with Gasteiger partial charge in [0.2, 0.25) is 0 Å². The third-order valence-corrected chi connectivity index (χ3v) is 6.05. The molecule has 0 saturated carbocycles. The molecule has 0 radical (unpaired) electrons. The Kier molecular flexibility index (Phi) is 10.9. The minimum absolute atomic E-state index is 0.258. The summed E-state index contributed by atoms with van der Waals surface area (Å²) in [6.45, 7) is 4.15. The highest BCUT2D eigenvalue weighted by Crippen LogP contribution is 2.26. The van der Waals surface area contributed by atoms with Gasteiger partial charge >= 0.3 is 5.69 Å². The second-order valence-corrected chi connectivity index (χ2v) is 7.69. The fourth-order valence-electron chi connectivity index (χ4n) is 2.40. The average molecular weight is 389 g/mol. The summed E-state index contributed by atoms with van der Waals surface area (Å²) in [6.07, 6.45) is 13.5. The lowest BCUT2D eigenvalue weighted by Crippen LogP contribution is -2.13. The lowest BCUT2D eigenvalue weighted by molar-refractivity contribution is 0.563. The van der Waals surface area contributed by atoms with E-state index in [2.05, 4.69) is 32.8 Å². The van der Waals surface area contributed by atoms with Crippen LogP contribution in [0.2, 0.25) is 0 Å². The predicted octanol–water partition coefficient (Wildman–Crippen LogP) is 5.85. The summed E-state index contributed by atoms with van der Waals surface area (Å²) < 4.78 is 0.921. The number of halogens is 1. The van der Waals surface area contributed by atoms with Gasteiger partial charge in [-0.2, -0.15) is 4.98 Å². The van der Waals surface area contributed by atoms with E-state index in [4.69, 9.17) is 0 Å². The Labute approximate surface area is 147 Å². The molecule has 1 N–H and O–H groups in total. The first kappa shape index (κ1) is 19.8. The summed E-state index contributed by atoms with van der Waals surface area (Å²) in [4.78, 5) is 18.1. The Bertz CT molecular complexity index is 476. The Balaban J connectivity index is 2.03. The zero-order valence-corrected chi connectivity index (χ0v) is 16.3. The standard InChI is InChI=1S/C17H29BrN2OS/c1-3-4-5-6-7-8-9-10-11-12-13-22-16-15(18)14(2)19-17(21)20-16/h3-13H2,1-2H3,(H,19,20,21). The average Bonchev–Trinajstić information content (AvgIpc) is 2.49. The fraction of sp³-hybridized carbons (Fsp3) is 0.765. The van der Waals surface area contributed by atoms with E-state index in [1.807, 2.05) is 6.92 Å². The number of hydrogen-bond acceptors (Lipinski definition) is 3. The minimum atomic E-state index is -0.258. The van der Waals surface area contributed by atoms with Crippen LogP contribution < -0.4 is 5.69 Å². The smallest absolute Gasteiger partial charge is 0.309 e. The molecule has 1 heterocycles. The lowest BCUT2D eigenvalue weighted by Gasteiger charge is -2.05. The summed E-state index contributed by atoms with van der Waals surface area (Å²) in [5.74, 6) is 1.03. The molecule has 3 nitrogen and oxygen atoms in total. The molecule has 0 fully saturated rings. The van der Waals surface area contributed by atoms with Gasteiger partial charge in [-0.15, -0.1) is 11.8 Å². The molecule has 0 amide bonds. The number of thioether (sulfide) groups is 1. The first-order valence-corrected chi connectivity index (χ1v) is 10.3. The maximum atomic E-state index is 11.4. The van der Waals surface area contributed by atoms with Crippen molar-refractivity contribution >= 4 is 27.7 Å². The molecule has 0 aliphatic heterocycles. The summed E-state index contributed by atoms with van der Waals surface area (Å²) in [5, 5.41) is 0.817. The van der Waals surface area contributed by atoms with Crippen molar-refractivity contribution in [2.45, 2.75) is 83.1 Å². The monoisotopic (exact) mass is 388 g/mol. The molecule has 0 bridgehead atoms. The van der Waals surface area contributed by atoms with Gasteiger partial charge in [0, 0.05) is 5.69 Å². The highest BCUT2D eigenvalue weighted by Gasteiger charge is 2.06. The minimum Gasteiger partial charge on any atom is -0.309 e. The second kappa shape index (κ2) is 12.2. The zero-order chi connectivity index (χ0) is 16.2. The third kappa shape index (κ3) is 8.37. The van der Waals surface area contributed by atoms with E-state index in [0.717, 1.165) is 20.9 Å². The van der Waals surface area contributed by atoms with E-state index in [1.165, 1.54) is 64.2 Å². The van der Waals surface area contributed by atoms with E-state index in [-0.39, 0.29) is 5.69 Å². The Morgan fingerprint density at radius 3 is 2.14 bits per heavy atom. The van der Waals surface area contributed by atoms with Gasteiger partial charge < -0.3 is 4.98 Å². The van der Waals surface area contributed by atoms with E-state index in [0.29, 0.717) is 0 Å². The molecule has 1 rings (SSSR count). The molecule has 0 unspecified atom stereocenters. The van der Waals surface area contributed by atoms with Gasteiger partial charge in [0.1, 0.15) is 5.03 Å². The van der Waals surface area contributed by atoms with Crippen LogP contribution in [0.4, 0.5) is 0 Å². The van der Waals surface area contributed by atoms with Crippen molar-refractivity contribution in [2.75, 3.05) is 5.75 Å². The quantitative estimate of drug-likeness (QED) is 0.277. The maximum absolute atomic E-state index is 11.4. The molecule has 0 aliphatic carbocycles. The van der Waals surface area contributed by atoms with Crippen LogP contribution in [0.1, 0.15) is 76.8 Å². The molecule has 126 valence electrons. The van der Waals surface area contributed by atoms with E-state index in [1.54, 1.807) is 11.8 Å². The van der Waals surface area contributed by atoms with Gasteiger partial charge in [0.05, 0.1) is 4.47 Å². The summed E-state index contributed by atoms with van der Waals surface area (Å²) in [6, 6.07) is 0. The van der Waals surface area contributed by atoms with Gasteiger partial charge in [-0.05, 0) is 35.0 Å². The number of nitrogens with zero attached hydrogens (tertiary/aromatic N) is 1. The third-order valence-electron chi connectivity index (χ3n) is 3.75. The molecule has 0 saturated heterocycles. The van der Waals surface area contributed by atoms with Crippen LogP contribution >= 0.6 is 27.7 Å². The molecule has 0 aromatic carbocycles. The molecule has 1 aromatic rings. The lowest BCUT2D eigenvalue weighted by atomic mass is 10.1. The Morgan fingerprint density at radius 1 is 1.00 bits per heavy atom. The molecular weight excluding hydrogens is 360 g/mol. The van der Waals surface area contributed by atoms with Gasteiger partial charge in [-0.25, -0.2) is 4.79 Å². The molecule has 22 heavy (non-hydrogen) atoms. The van der Waals surface area contributed by atoms with Crippen molar-refractivity contribution in [3.63, 3.8) is 0 Å². The van der Waals surface area contributed by atoms with E-state index >= 15 is 0 Å². The zero-order valence-electron chi connectivity index (χ0n) is 13.9. The van der Waals surface area contributed by atoms with E-state index < -0.39 is 0 Å². The number of aryl methyl sites for hydroxylation is 1. The summed E-state index contributed by atoms with van der Waals surface area (Å²) in [5.41, 5.74) is 0.594. The van der Waals surface area contributed by atoms with Crippen molar-refractivity contribution in [3.05, 3.63) is 20.7 Å². The first-order chi connectivity index (χ1) is 10.6. The van der Waals surface area contributed by atoms with Crippen molar-refractivity contribution in [3.8, 4) is 0 Å². The van der Waals surface area contributed by atoms with Crippen LogP contribution in [0, 0.1) is 6.92 Å². The number of unbranched alkanes of at least 4 members (excludes halogenated alkanes) is 9. The van der Waals surface area contributed by atoms with E-state index in [9.17, 15) is 4.79 Å². The van der Waals surface area contributed by atoms with Gasteiger partial charge in [0.25, 0.3) is 0 Å². The summed E-state index contributed by atoms with van der Waals surface area (Å²) >= 11 is 5.16. The number of hydrogen-bond donors (Lipinski definition) is 1. The summed E-state index contributed by atoms with van der Waals surface area (Å²) in [7, 11) is 0. The van der Waals surface area contributed by atoms with Crippen LogP contribution in [0.15, 0.2) is 14.3 Å². The van der Waals surface area contributed by atoms with Crippen LogP contribution in [-0.4, -0.2) is 15.7 Å². The van der Waals surface area contributed by atoms with Crippen LogP contribution in [0.25, 0.3) is 0 Å². The van der Waals surface area contributed by atoms with Crippen molar-refractivity contribution in [1.82, 2.24) is 9.97 Å². The van der Waals surface area contributed by atoms with Gasteiger partial charge in [0.15, 0.2) is 0 Å². The predicted molar refractivity (Wildman–Crippen MR) is 99.9 cm³/mol. The van der Waals surface area contributed by atoms with Gasteiger partial charge in [-0.3, -0.25) is 0 Å². The highest BCUT2D eigenvalue weighted by atomic mass is 79.9. The highest BCUT2D eigenvalue weighted by molar-refractivity contribution is 9.10. The number of rotatable bonds is 12. The van der Waals surface area contributed by atoms with Crippen LogP contribution in [-0.2, 0) is 0 Å². The molecule has 0 spiro atoms. The van der Waals surface area contributed by atoms with Crippen molar-refractivity contribution in [1.29, 1.82) is 0 Å². The normalized spacial score (nSPS) is 11.0. The SMILES string of the molecule is CCCCCCCCCCCCSc1nc(=O)[nH]c(C)c1Br. The van der Waals surface area contributed by atoms with Crippen LogP contribution in [0.5, 0.6) is 0 Å². The largest absolute Gasteiger partial charge is 0.346 e. The molecule has 1 aromatic heterocycles. The van der Waals surface area contributed by atoms with Crippen molar-refractivity contribution < 1.29 is 0 Å². The Morgan fingerprint density at radius 2 is 1.55 bits per heavy atom. The second-order valence-electron chi connectivity index (χ2n) is 5.82. The molecule has 0 atom stereocenters. The van der Waals surface area contributed by atoms with Gasteiger partial charge in [-0.1, -0.05) is 64.7 Å². The number of aromatic nitrogens is 2. The number of nitrogens with one attached hydrogen (secondary N) is 1. The van der Waals surface area contributed by atoms with Crippen LogP contribution in [0.3, 0.4) is 0 Å². The number of aromatic amines is 1. The first-order valence-electron chi connectivity index (χ1n) is 8.54. The Hall–Kier alpha value is -0.290. The fourth-order valence-corrected chi connectivity index (χ4v) is 3.90. The maximum Gasteiger partial charge on any atom is 0.346 e.